The van der Waals surface area contributed by atoms with Crippen LogP contribution >= 0.6 is 7.60 Å². The molecule has 2 aromatic carbocycles. The number of hydrogen-bond donors (Lipinski definition) is 0. The highest BCUT2D eigenvalue weighted by Gasteiger charge is 2.23. The predicted molar refractivity (Wildman–Crippen MR) is 91.8 cm³/mol. The molecule has 5 heteroatoms. The van der Waals surface area contributed by atoms with Crippen LogP contribution in [-0.4, -0.2) is 19.5 Å². The van der Waals surface area contributed by atoms with Crippen molar-refractivity contribution in [2.75, 3.05) is 13.2 Å². The molecule has 0 saturated carbocycles. The number of aldehydes is 1. The SMILES string of the molecule is CCOP(=O)(Cc1ccc(-c2ccc(C=O)cc2)cc1)OCC. The fraction of sp³-hybridized carbons (Fsp3) is 0.278. The molecule has 0 radical (unpaired) electrons. The molecule has 0 aliphatic rings. The molecule has 0 atom stereocenters. The smallest absolute Gasteiger partial charge is 0.309 e. The maximum absolute atomic E-state index is 12.5. The summed E-state index contributed by atoms with van der Waals surface area (Å²) in [4.78, 5) is 10.7. The van der Waals surface area contributed by atoms with Gasteiger partial charge in [0.05, 0.1) is 19.4 Å². The lowest BCUT2D eigenvalue weighted by atomic mass is 10.0. The van der Waals surface area contributed by atoms with Gasteiger partial charge in [0.1, 0.15) is 6.29 Å². The van der Waals surface area contributed by atoms with Gasteiger partial charge in [-0.05, 0) is 30.5 Å². The summed E-state index contributed by atoms with van der Waals surface area (Å²) >= 11 is 0. The molecule has 0 N–H and O–H groups in total. The summed E-state index contributed by atoms with van der Waals surface area (Å²) in [7, 11) is -3.08. The lowest BCUT2D eigenvalue weighted by molar-refractivity contribution is 0.112. The van der Waals surface area contributed by atoms with Crippen molar-refractivity contribution >= 4 is 13.9 Å². The first kappa shape index (κ1) is 17.6. The van der Waals surface area contributed by atoms with Crippen molar-refractivity contribution in [3.63, 3.8) is 0 Å². The van der Waals surface area contributed by atoms with Gasteiger partial charge in [0.25, 0.3) is 0 Å². The molecule has 0 aromatic heterocycles. The van der Waals surface area contributed by atoms with Crippen molar-refractivity contribution < 1.29 is 18.4 Å². The number of carbonyl (C=O) groups excluding carboxylic acids is 1. The Balaban J connectivity index is 2.14. The molecule has 0 amide bonds. The molecule has 23 heavy (non-hydrogen) atoms. The van der Waals surface area contributed by atoms with Gasteiger partial charge in [-0.2, -0.15) is 0 Å². The van der Waals surface area contributed by atoms with Crippen LogP contribution in [0.4, 0.5) is 0 Å². The molecular formula is C18H21O4P. The zero-order valence-electron chi connectivity index (χ0n) is 13.4. The molecule has 0 unspecified atom stereocenters. The van der Waals surface area contributed by atoms with Crippen LogP contribution in [0.15, 0.2) is 48.5 Å². The molecule has 0 fully saturated rings. The molecule has 2 aromatic rings. The van der Waals surface area contributed by atoms with Crippen LogP contribution in [0.1, 0.15) is 29.8 Å². The van der Waals surface area contributed by atoms with E-state index in [1.165, 1.54) is 0 Å². The van der Waals surface area contributed by atoms with Crippen LogP contribution in [0.2, 0.25) is 0 Å². The van der Waals surface area contributed by atoms with Gasteiger partial charge in [0.15, 0.2) is 0 Å². The van der Waals surface area contributed by atoms with E-state index >= 15 is 0 Å². The quantitative estimate of drug-likeness (QED) is 0.508. The first-order valence-electron chi connectivity index (χ1n) is 7.63. The second kappa shape index (κ2) is 8.21. The fourth-order valence-electron chi connectivity index (χ4n) is 2.30. The van der Waals surface area contributed by atoms with E-state index in [-0.39, 0.29) is 6.16 Å². The van der Waals surface area contributed by atoms with Crippen LogP contribution in [0.3, 0.4) is 0 Å². The molecule has 122 valence electrons. The molecule has 0 saturated heterocycles. The van der Waals surface area contributed by atoms with Crippen molar-refractivity contribution in [3.8, 4) is 11.1 Å². The standard InChI is InChI=1S/C18H21O4P/c1-3-21-23(20,22-4-2)14-16-7-11-18(12-8-16)17-9-5-15(13-19)6-10-17/h5-13H,3-4,14H2,1-2H3. The van der Waals surface area contributed by atoms with Gasteiger partial charge in [-0.15, -0.1) is 0 Å². The second-order valence-corrected chi connectivity index (χ2v) is 7.10. The highest BCUT2D eigenvalue weighted by Crippen LogP contribution is 2.51. The minimum Gasteiger partial charge on any atom is -0.309 e. The van der Waals surface area contributed by atoms with E-state index in [0.29, 0.717) is 18.8 Å². The van der Waals surface area contributed by atoms with Crippen LogP contribution in [0.25, 0.3) is 11.1 Å². The summed E-state index contributed by atoms with van der Waals surface area (Å²) in [6.45, 7) is 4.33. The highest BCUT2D eigenvalue weighted by atomic mass is 31.2. The van der Waals surface area contributed by atoms with Crippen molar-refractivity contribution in [1.29, 1.82) is 0 Å². The average Bonchev–Trinajstić information content (AvgIpc) is 2.56. The van der Waals surface area contributed by atoms with E-state index in [2.05, 4.69) is 0 Å². The summed E-state index contributed by atoms with van der Waals surface area (Å²) in [6, 6.07) is 15.2. The summed E-state index contributed by atoms with van der Waals surface area (Å²) in [5.74, 6) is 0. The topological polar surface area (TPSA) is 52.6 Å². The Bertz CT molecular complexity index is 667. The monoisotopic (exact) mass is 332 g/mol. The molecule has 0 aliphatic carbocycles. The Kier molecular flexibility index (Phi) is 6.28. The molecule has 0 aliphatic heterocycles. The van der Waals surface area contributed by atoms with E-state index in [9.17, 15) is 9.36 Å². The second-order valence-electron chi connectivity index (χ2n) is 5.04. The molecule has 2 rings (SSSR count). The minimum absolute atomic E-state index is 0.263. The lowest BCUT2D eigenvalue weighted by Crippen LogP contribution is -1.99. The van der Waals surface area contributed by atoms with E-state index in [0.717, 1.165) is 23.0 Å². The van der Waals surface area contributed by atoms with Gasteiger partial charge in [0.2, 0.25) is 0 Å². The van der Waals surface area contributed by atoms with Crippen molar-refractivity contribution in [2.45, 2.75) is 20.0 Å². The summed E-state index contributed by atoms with van der Waals surface area (Å²) in [6.07, 6.45) is 1.09. The normalized spacial score (nSPS) is 11.4. The van der Waals surface area contributed by atoms with Gasteiger partial charge in [-0.25, -0.2) is 0 Å². The molecule has 0 heterocycles. The van der Waals surface area contributed by atoms with Crippen LogP contribution in [0, 0.1) is 0 Å². The summed E-state index contributed by atoms with van der Waals surface area (Å²) in [5.41, 5.74) is 3.62. The zero-order chi connectivity index (χ0) is 16.7. The Morgan fingerprint density at radius 2 is 1.35 bits per heavy atom. The number of rotatable bonds is 8. The van der Waals surface area contributed by atoms with Crippen LogP contribution < -0.4 is 0 Å². The third-order valence-electron chi connectivity index (χ3n) is 3.36. The van der Waals surface area contributed by atoms with Gasteiger partial charge >= 0.3 is 7.60 Å². The zero-order valence-corrected chi connectivity index (χ0v) is 14.3. The number of carbonyl (C=O) groups is 1. The first-order chi connectivity index (χ1) is 11.1. The minimum atomic E-state index is -3.08. The van der Waals surface area contributed by atoms with Crippen LogP contribution in [-0.2, 0) is 19.8 Å². The van der Waals surface area contributed by atoms with Crippen molar-refractivity contribution in [3.05, 3.63) is 59.7 Å². The Morgan fingerprint density at radius 1 is 0.870 bits per heavy atom. The van der Waals surface area contributed by atoms with Crippen molar-refractivity contribution in [1.82, 2.24) is 0 Å². The van der Waals surface area contributed by atoms with Crippen molar-refractivity contribution in [2.24, 2.45) is 0 Å². The average molecular weight is 332 g/mol. The van der Waals surface area contributed by atoms with E-state index in [1.54, 1.807) is 26.0 Å². The third-order valence-corrected chi connectivity index (χ3v) is 5.42. The van der Waals surface area contributed by atoms with Gasteiger partial charge in [0, 0.05) is 5.56 Å². The fourth-order valence-corrected chi connectivity index (χ4v) is 4.00. The molecule has 4 nitrogen and oxygen atoms in total. The first-order valence-corrected chi connectivity index (χ1v) is 9.35. The summed E-state index contributed by atoms with van der Waals surface area (Å²) in [5, 5.41) is 0. The Labute approximate surface area is 137 Å². The van der Waals surface area contributed by atoms with E-state index in [4.69, 9.17) is 9.05 Å². The largest absolute Gasteiger partial charge is 0.335 e. The van der Waals surface area contributed by atoms with Gasteiger partial charge in [-0.1, -0.05) is 48.5 Å². The maximum atomic E-state index is 12.5. The van der Waals surface area contributed by atoms with Gasteiger partial charge < -0.3 is 9.05 Å². The Hall–Kier alpha value is -1.74. The number of hydrogen-bond acceptors (Lipinski definition) is 4. The highest BCUT2D eigenvalue weighted by molar-refractivity contribution is 7.53. The number of benzene rings is 2. The molecule has 0 spiro atoms. The van der Waals surface area contributed by atoms with Crippen LogP contribution in [0.5, 0.6) is 0 Å². The predicted octanol–water partition coefficient (Wildman–Crippen LogP) is 4.93. The summed E-state index contributed by atoms with van der Waals surface area (Å²) < 4.78 is 23.2. The van der Waals surface area contributed by atoms with Gasteiger partial charge in [-0.3, -0.25) is 9.36 Å². The third kappa shape index (κ3) is 4.87. The van der Waals surface area contributed by atoms with E-state index in [1.807, 2.05) is 36.4 Å². The molecule has 0 bridgehead atoms. The van der Waals surface area contributed by atoms with E-state index < -0.39 is 7.60 Å². The molecular weight excluding hydrogens is 311 g/mol. The maximum Gasteiger partial charge on any atom is 0.335 e. The Morgan fingerprint density at radius 3 is 1.78 bits per heavy atom. The lowest BCUT2D eigenvalue weighted by Gasteiger charge is -2.17.